The Morgan fingerprint density at radius 2 is 1.68 bits per heavy atom. The second kappa shape index (κ2) is 5.58. The van der Waals surface area contributed by atoms with Gasteiger partial charge in [-0.2, -0.15) is 0 Å². The van der Waals surface area contributed by atoms with Crippen LogP contribution in [0.4, 0.5) is 0 Å². The third-order valence-corrected chi connectivity index (χ3v) is 3.90. The molecule has 110 valence electrons. The standard InChI is InChI=1S/C14H11N5O2S/c15-22(20,21)13-4-2-1-3-10(13)14-17-8-6-12(19-14)11-5-7-16-9-18-11/h1-9H,(H2,15,20,21). The Balaban J connectivity index is 2.16. The fourth-order valence-corrected chi connectivity index (χ4v) is 2.71. The molecular formula is C14H11N5O2S. The van der Waals surface area contributed by atoms with Crippen molar-refractivity contribution < 1.29 is 8.42 Å². The molecule has 0 radical (unpaired) electrons. The molecule has 0 fully saturated rings. The van der Waals surface area contributed by atoms with Crippen molar-refractivity contribution in [2.24, 2.45) is 5.14 Å². The second-order valence-corrected chi connectivity index (χ2v) is 5.93. The zero-order valence-corrected chi connectivity index (χ0v) is 12.1. The summed E-state index contributed by atoms with van der Waals surface area (Å²) in [6.45, 7) is 0. The zero-order valence-electron chi connectivity index (χ0n) is 11.3. The highest BCUT2D eigenvalue weighted by Crippen LogP contribution is 2.24. The SMILES string of the molecule is NS(=O)(=O)c1ccccc1-c1nccc(-c2ccncn2)n1. The molecule has 1 aromatic carbocycles. The van der Waals surface area contributed by atoms with Crippen molar-refractivity contribution in [1.82, 2.24) is 19.9 Å². The Morgan fingerprint density at radius 1 is 0.909 bits per heavy atom. The van der Waals surface area contributed by atoms with Crippen molar-refractivity contribution in [3.63, 3.8) is 0 Å². The van der Waals surface area contributed by atoms with Gasteiger partial charge in [0.2, 0.25) is 10.0 Å². The summed E-state index contributed by atoms with van der Waals surface area (Å²) in [6.07, 6.45) is 4.55. The minimum absolute atomic E-state index is 0.0187. The highest BCUT2D eigenvalue weighted by molar-refractivity contribution is 7.89. The van der Waals surface area contributed by atoms with Crippen LogP contribution in [0.1, 0.15) is 0 Å². The molecule has 0 aliphatic heterocycles. The minimum Gasteiger partial charge on any atom is -0.245 e. The summed E-state index contributed by atoms with van der Waals surface area (Å²) in [7, 11) is -3.86. The first-order valence-corrected chi connectivity index (χ1v) is 7.82. The van der Waals surface area contributed by atoms with Crippen LogP contribution in [0.15, 0.2) is 60.0 Å². The van der Waals surface area contributed by atoms with Gasteiger partial charge in [-0.05, 0) is 24.3 Å². The van der Waals surface area contributed by atoms with Gasteiger partial charge in [0.05, 0.1) is 16.3 Å². The van der Waals surface area contributed by atoms with Gasteiger partial charge in [0, 0.05) is 18.0 Å². The van der Waals surface area contributed by atoms with Crippen LogP contribution in [-0.4, -0.2) is 28.4 Å². The third-order valence-electron chi connectivity index (χ3n) is 2.93. The maximum Gasteiger partial charge on any atom is 0.238 e. The largest absolute Gasteiger partial charge is 0.245 e. The molecular weight excluding hydrogens is 302 g/mol. The predicted octanol–water partition coefficient (Wildman–Crippen LogP) is 1.25. The average Bonchev–Trinajstić information content (AvgIpc) is 2.55. The molecule has 7 nitrogen and oxygen atoms in total. The lowest BCUT2D eigenvalue weighted by atomic mass is 10.2. The molecule has 0 unspecified atom stereocenters. The lowest BCUT2D eigenvalue weighted by Gasteiger charge is -2.07. The number of benzene rings is 1. The maximum absolute atomic E-state index is 11.7. The van der Waals surface area contributed by atoms with Crippen LogP contribution in [0.25, 0.3) is 22.8 Å². The first-order valence-electron chi connectivity index (χ1n) is 6.27. The summed E-state index contributed by atoms with van der Waals surface area (Å²) in [5, 5.41) is 5.24. The summed E-state index contributed by atoms with van der Waals surface area (Å²) in [5.41, 5.74) is 1.53. The number of hydrogen-bond donors (Lipinski definition) is 1. The summed E-state index contributed by atoms with van der Waals surface area (Å²) in [4.78, 5) is 16.4. The molecule has 0 atom stereocenters. The summed E-state index contributed by atoms with van der Waals surface area (Å²) in [6, 6.07) is 9.72. The van der Waals surface area contributed by atoms with Gasteiger partial charge in [0.15, 0.2) is 5.82 Å². The number of primary sulfonamides is 1. The molecule has 2 heterocycles. The van der Waals surface area contributed by atoms with E-state index in [2.05, 4.69) is 19.9 Å². The third kappa shape index (κ3) is 2.83. The van der Waals surface area contributed by atoms with E-state index in [1.807, 2.05) is 0 Å². The van der Waals surface area contributed by atoms with Gasteiger partial charge >= 0.3 is 0 Å². The van der Waals surface area contributed by atoms with Gasteiger partial charge in [0.1, 0.15) is 6.33 Å². The highest BCUT2D eigenvalue weighted by atomic mass is 32.2. The Bertz CT molecular complexity index is 913. The van der Waals surface area contributed by atoms with Crippen molar-refractivity contribution in [2.45, 2.75) is 4.90 Å². The van der Waals surface area contributed by atoms with Gasteiger partial charge in [-0.3, -0.25) is 0 Å². The molecule has 22 heavy (non-hydrogen) atoms. The quantitative estimate of drug-likeness (QED) is 0.778. The fraction of sp³-hybridized carbons (Fsp3) is 0. The van der Waals surface area contributed by atoms with Crippen molar-refractivity contribution in [2.75, 3.05) is 0 Å². The predicted molar refractivity (Wildman–Crippen MR) is 79.9 cm³/mol. The van der Waals surface area contributed by atoms with E-state index < -0.39 is 10.0 Å². The topological polar surface area (TPSA) is 112 Å². The average molecular weight is 313 g/mol. The molecule has 2 N–H and O–H groups in total. The first kappa shape index (κ1) is 14.2. The number of nitrogens with zero attached hydrogens (tertiary/aromatic N) is 4. The molecule has 0 bridgehead atoms. The molecule has 0 spiro atoms. The van der Waals surface area contributed by atoms with Crippen molar-refractivity contribution in [3.05, 3.63) is 55.1 Å². The monoisotopic (exact) mass is 313 g/mol. The van der Waals surface area contributed by atoms with E-state index in [-0.39, 0.29) is 10.7 Å². The molecule has 0 aliphatic rings. The molecule has 2 aromatic heterocycles. The van der Waals surface area contributed by atoms with E-state index in [1.165, 1.54) is 12.4 Å². The van der Waals surface area contributed by atoms with E-state index >= 15 is 0 Å². The summed E-state index contributed by atoms with van der Waals surface area (Å²) < 4.78 is 23.4. The van der Waals surface area contributed by atoms with E-state index in [4.69, 9.17) is 5.14 Å². The molecule has 0 saturated carbocycles. The first-order chi connectivity index (χ1) is 10.6. The Morgan fingerprint density at radius 3 is 2.41 bits per heavy atom. The number of hydrogen-bond acceptors (Lipinski definition) is 6. The fourth-order valence-electron chi connectivity index (χ4n) is 1.97. The van der Waals surface area contributed by atoms with E-state index in [9.17, 15) is 8.42 Å². The van der Waals surface area contributed by atoms with Gasteiger partial charge in [-0.1, -0.05) is 12.1 Å². The van der Waals surface area contributed by atoms with Crippen LogP contribution >= 0.6 is 0 Å². The van der Waals surface area contributed by atoms with Crippen LogP contribution in [0.2, 0.25) is 0 Å². The number of nitrogens with two attached hydrogens (primary N) is 1. The summed E-state index contributed by atoms with van der Waals surface area (Å²) in [5.74, 6) is 0.265. The van der Waals surface area contributed by atoms with Crippen LogP contribution in [0.3, 0.4) is 0 Å². The van der Waals surface area contributed by atoms with Crippen molar-refractivity contribution in [1.29, 1.82) is 0 Å². The maximum atomic E-state index is 11.7. The normalized spacial score (nSPS) is 11.3. The molecule has 3 aromatic rings. The molecule has 8 heteroatoms. The highest BCUT2D eigenvalue weighted by Gasteiger charge is 2.16. The summed E-state index contributed by atoms with van der Waals surface area (Å²) >= 11 is 0. The zero-order chi connectivity index (χ0) is 15.6. The number of aromatic nitrogens is 4. The lowest BCUT2D eigenvalue weighted by molar-refractivity contribution is 0.598. The Kier molecular flexibility index (Phi) is 3.61. The van der Waals surface area contributed by atoms with Gasteiger partial charge in [-0.25, -0.2) is 33.5 Å². The van der Waals surface area contributed by atoms with Crippen LogP contribution < -0.4 is 5.14 Å². The Hall–Kier alpha value is -2.71. The molecule has 0 saturated heterocycles. The Labute approximate surface area is 127 Å². The number of sulfonamides is 1. The van der Waals surface area contributed by atoms with Crippen LogP contribution in [-0.2, 0) is 10.0 Å². The van der Waals surface area contributed by atoms with E-state index in [0.717, 1.165) is 0 Å². The lowest BCUT2D eigenvalue weighted by Crippen LogP contribution is -2.13. The number of rotatable bonds is 3. The smallest absolute Gasteiger partial charge is 0.238 e. The van der Waals surface area contributed by atoms with Gasteiger partial charge < -0.3 is 0 Å². The second-order valence-electron chi connectivity index (χ2n) is 4.40. The van der Waals surface area contributed by atoms with Crippen LogP contribution in [0.5, 0.6) is 0 Å². The van der Waals surface area contributed by atoms with Gasteiger partial charge in [0.25, 0.3) is 0 Å². The molecule has 0 aliphatic carbocycles. The van der Waals surface area contributed by atoms with Crippen molar-refractivity contribution in [3.8, 4) is 22.8 Å². The van der Waals surface area contributed by atoms with E-state index in [1.54, 1.807) is 42.7 Å². The van der Waals surface area contributed by atoms with E-state index in [0.29, 0.717) is 17.0 Å². The molecule has 3 rings (SSSR count). The van der Waals surface area contributed by atoms with Crippen molar-refractivity contribution >= 4 is 10.0 Å². The minimum atomic E-state index is -3.86. The van der Waals surface area contributed by atoms with Gasteiger partial charge in [-0.15, -0.1) is 0 Å². The van der Waals surface area contributed by atoms with Crippen LogP contribution in [0, 0.1) is 0 Å². The molecule has 0 amide bonds.